The molecule has 3 rings (SSSR count). The highest BCUT2D eigenvalue weighted by molar-refractivity contribution is 7.79. The summed E-state index contributed by atoms with van der Waals surface area (Å²) in [6.07, 6.45) is 0. The van der Waals surface area contributed by atoms with Gasteiger partial charge in [0.25, 0.3) is 0 Å². The fraction of sp³-hybridized carbons (Fsp3) is 0.0769. The van der Waals surface area contributed by atoms with E-state index in [1.807, 2.05) is 11.3 Å². The van der Waals surface area contributed by atoms with Gasteiger partial charge in [-0.15, -0.1) is 11.3 Å². The smallest absolute Gasteiger partial charge is 0.0395 e. The summed E-state index contributed by atoms with van der Waals surface area (Å²) in [6, 6.07) is 15.0. The molecule has 2 aromatic carbocycles. The van der Waals surface area contributed by atoms with Crippen molar-refractivity contribution in [1.29, 1.82) is 0 Å². The van der Waals surface area contributed by atoms with Crippen LogP contribution in [0.3, 0.4) is 0 Å². The maximum Gasteiger partial charge on any atom is 0.0395 e. The maximum absolute atomic E-state index is 4.37. The Hall–Kier alpha value is -0.990. The van der Waals surface area contributed by atoms with Gasteiger partial charge in [0.2, 0.25) is 0 Å². The third-order valence-corrected chi connectivity index (χ3v) is 4.26. The fourth-order valence-electron chi connectivity index (χ4n) is 1.93. The van der Waals surface area contributed by atoms with E-state index in [1.165, 1.54) is 25.7 Å². The van der Waals surface area contributed by atoms with Gasteiger partial charge in [0, 0.05) is 25.9 Å². The first-order valence-corrected chi connectivity index (χ1v) is 6.35. The molecule has 0 atom stereocenters. The summed E-state index contributed by atoms with van der Waals surface area (Å²) in [5.41, 5.74) is 1.33. The molecular formula is C13H10S2. The van der Waals surface area contributed by atoms with Crippen molar-refractivity contribution in [1.82, 2.24) is 0 Å². The standard InChI is InChI=1S/C13H10S2/c14-8-9-4-3-6-11-10-5-1-2-7-12(10)15-13(9)11/h1-7,14H,8H2. The fourth-order valence-corrected chi connectivity index (χ4v) is 3.51. The summed E-state index contributed by atoms with van der Waals surface area (Å²) in [4.78, 5) is 0. The minimum absolute atomic E-state index is 0.810. The number of rotatable bonds is 1. The van der Waals surface area contributed by atoms with Crippen molar-refractivity contribution in [3.8, 4) is 0 Å². The van der Waals surface area contributed by atoms with Crippen molar-refractivity contribution in [2.24, 2.45) is 0 Å². The molecule has 0 bridgehead atoms. The van der Waals surface area contributed by atoms with Crippen LogP contribution in [-0.2, 0) is 5.75 Å². The van der Waals surface area contributed by atoms with Crippen LogP contribution in [0.25, 0.3) is 20.2 Å². The van der Waals surface area contributed by atoms with Gasteiger partial charge < -0.3 is 0 Å². The third kappa shape index (κ3) is 1.36. The minimum Gasteiger partial charge on any atom is -0.174 e. The Labute approximate surface area is 98.0 Å². The van der Waals surface area contributed by atoms with Crippen molar-refractivity contribution in [2.45, 2.75) is 5.75 Å². The lowest BCUT2D eigenvalue weighted by atomic mass is 10.1. The molecule has 0 amide bonds. The summed E-state index contributed by atoms with van der Waals surface area (Å²) >= 11 is 6.24. The quantitative estimate of drug-likeness (QED) is 0.585. The largest absolute Gasteiger partial charge is 0.174 e. The summed E-state index contributed by atoms with van der Waals surface area (Å²) < 4.78 is 2.75. The molecule has 0 aliphatic carbocycles. The molecule has 1 heterocycles. The highest BCUT2D eigenvalue weighted by Crippen LogP contribution is 2.35. The van der Waals surface area contributed by atoms with Crippen LogP contribution in [-0.4, -0.2) is 0 Å². The van der Waals surface area contributed by atoms with Gasteiger partial charge in [0.1, 0.15) is 0 Å². The molecule has 15 heavy (non-hydrogen) atoms. The topological polar surface area (TPSA) is 0 Å². The van der Waals surface area contributed by atoms with Gasteiger partial charge in [-0.3, -0.25) is 0 Å². The van der Waals surface area contributed by atoms with E-state index in [9.17, 15) is 0 Å². The second kappa shape index (κ2) is 3.54. The number of hydrogen-bond acceptors (Lipinski definition) is 2. The lowest BCUT2D eigenvalue weighted by Gasteiger charge is -1.96. The Balaban J connectivity index is 2.53. The molecule has 0 saturated carbocycles. The van der Waals surface area contributed by atoms with Crippen LogP contribution in [0, 0.1) is 0 Å². The number of benzene rings is 2. The van der Waals surface area contributed by atoms with Crippen LogP contribution in [0.1, 0.15) is 5.56 Å². The molecular weight excluding hydrogens is 220 g/mol. The zero-order valence-corrected chi connectivity index (χ0v) is 9.81. The van der Waals surface area contributed by atoms with E-state index in [0.717, 1.165) is 5.75 Å². The van der Waals surface area contributed by atoms with Crippen LogP contribution < -0.4 is 0 Å². The van der Waals surface area contributed by atoms with Gasteiger partial charge in [0.15, 0.2) is 0 Å². The lowest BCUT2D eigenvalue weighted by Crippen LogP contribution is -1.75. The van der Waals surface area contributed by atoms with E-state index in [-0.39, 0.29) is 0 Å². The lowest BCUT2D eigenvalue weighted by molar-refractivity contribution is 1.50. The van der Waals surface area contributed by atoms with E-state index < -0.39 is 0 Å². The second-order valence-corrected chi connectivity index (χ2v) is 4.92. The Bertz CT molecular complexity index is 623. The first-order valence-electron chi connectivity index (χ1n) is 4.90. The monoisotopic (exact) mass is 230 g/mol. The number of thiol groups is 1. The SMILES string of the molecule is SCc1cccc2c1sc1ccccc12. The van der Waals surface area contributed by atoms with Crippen molar-refractivity contribution in [3.05, 3.63) is 48.0 Å². The Morgan fingerprint density at radius 2 is 1.73 bits per heavy atom. The average molecular weight is 230 g/mol. The van der Waals surface area contributed by atoms with Crippen LogP contribution in [0.5, 0.6) is 0 Å². The van der Waals surface area contributed by atoms with Gasteiger partial charge in [-0.25, -0.2) is 0 Å². The van der Waals surface area contributed by atoms with E-state index in [0.29, 0.717) is 0 Å². The van der Waals surface area contributed by atoms with Crippen molar-refractivity contribution < 1.29 is 0 Å². The number of hydrogen-bond donors (Lipinski definition) is 1. The predicted molar refractivity (Wildman–Crippen MR) is 72.0 cm³/mol. The third-order valence-electron chi connectivity index (χ3n) is 2.66. The second-order valence-electron chi connectivity index (χ2n) is 3.55. The summed E-state index contributed by atoms with van der Waals surface area (Å²) in [5, 5.41) is 2.73. The molecule has 74 valence electrons. The van der Waals surface area contributed by atoms with Crippen LogP contribution in [0.4, 0.5) is 0 Å². The Kier molecular flexibility index (Phi) is 2.19. The maximum atomic E-state index is 4.37. The van der Waals surface area contributed by atoms with Gasteiger partial charge in [-0.2, -0.15) is 12.6 Å². The number of fused-ring (bicyclic) bond motifs is 3. The Morgan fingerprint density at radius 3 is 2.60 bits per heavy atom. The molecule has 3 aromatic rings. The van der Waals surface area contributed by atoms with Crippen molar-refractivity contribution >= 4 is 44.1 Å². The molecule has 0 fully saturated rings. The van der Waals surface area contributed by atoms with Crippen LogP contribution in [0.15, 0.2) is 42.5 Å². The van der Waals surface area contributed by atoms with E-state index in [4.69, 9.17) is 0 Å². The van der Waals surface area contributed by atoms with Crippen molar-refractivity contribution in [2.75, 3.05) is 0 Å². The van der Waals surface area contributed by atoms with Gasteiger partial charge >= 0.3 is 0 Å². The molecule has 0 aliphatic heterocycles. The van der Waals surface area contributed by atoms with Gasteiger partial charge in [0.05, 0.1) is 0 Å². The molecule has 0 saturated heterocycles. The molecule has 0 N–H and O–H groups in total. The highest BCUT2D eigenvalue weighted by atomic mass is 32.1. The summed E-state index contributed by atoms with van der Waals surface area (Å²) in [5.74, 6) is 0.810. The summed E-state index contributed by atoms with van der Waals surface area (Å²) in [7, 11) is 0. The first kappa shape index (κ1) is 9.25. The zero-order chi connectivity index (χ0) is 10.3. The van der Waals surface area contributed by atoms with Crippen LogP contribution >= 0.6 is 24.0 Å². The molecule has 1 aromatic heterocycles. The van der Waals surface area contributed by atoms with Gasteiger partial charge in [-0.05, 0) is 11.6 Å². The molecule has 0 aliphatic rings. The van der Waals surface area contributed by atoms with Crippen LogP contribution in [0.2, 0.25) is 0 Å². The molecule has 0 radical (unpaired) electrons. The minimum atomic E-state index is 0.810. The Morgan fingerprint density at radius 1 is 0.933 bits per heavy atom. The van der Waals surface area contributed by atoms with E-state index in [1.54, 1.807) is 0 Å². The van der Waals surface area contributed by atoms with Gasteiger partial charge in [-0.1, -0.05) is 36.4 Å². The van der Waals surface area contributed by atoms with E-state index >= 15 is 0 Å². The molecule has 0 spiro atoms. The molecule has 0 unspecified atom stereocenters. The van der Waals surface area contributed by atoms with E-state index in [2.05, 4.69) is 55.1 Å². The first-order chi connectivity index (χ1) is 7.40. The van der Waals surface area contributed by atoms with Crippen molar-refractivity contribution in [3.63, 3.8) is 0 Å². The average Bonchev–Trinajstić information content (AvgIpc) is 2.67. The predicted octanol–water partition coefficient (Wildman–Crippen LogP) is 4.48. The highest BCUT2D eigenvalue weighted by Gasteiger charge is 2.06. The molecule has 0 nitrogen and oxygen atoms in total. The summed E-state index contributed by atoms with van der Waals surface area (Å²) in [6.45, 7) is 0. The molecule has 2 heteroatoms. The zero-order valence-electron chi connectivity index (χ0n) is 8.10. The normalized spacial score (nSPS) is 11.3. The number of thiophene rings is 1.